The van der Waals surface area contributed by atoms with Crippen molar-refractivity contribution in [2.24, 2.45) is 11.1 Å². The Kier molecular flexibility index (Phi) is 4.98. The topological polar surface area (TPSA) is 107 Å². The first kappa shape index (κ1) is 18.7. The van der Waals surface area contributed by atoms with Crippen LogP contribution in [0.5, 0.6) is 0 Å². The van der Waals surface area contributed by atoms with Crippen LogP contribution in [0.1, 0.15) is 41.6 Å². The van der Waals surface area contributed by atoms with E-state index >= 15 is 0 Å². The van der Waals surface area contributed by atoms with Crippen LogP contribution in [0.25, 0.3) is 0 Å². The number of sulfone groups is 1. The highest BCUT2D eigenvalue weighted by Crippen LogP contribution is 2.33. The molecule has 0 saturated heterocycles. The van der Waals surface area contributed by atoms with Gasteiger partial charge in [-0.15, -0.1) is 0 Å². The number of ketones is 3. The summed E-state index contributed by atoms with van der Waals surface area (Å²) in [5.41, 5.74) is 0.344. The maximum Gasteiger partial charge on any atom is 0.182 e. The first-order valence-corrected chi connectivity index (χ1v) is 10.3. The molecular formula is C17H16ClNO6S. The van der Waals surface area contributed by atoms with E-state index in [2.05, 4.69) is 5.16 Å². The van der Waals surface area contributed by atoms with Crippen LogP contribution >= 0.6 is 11.6 Å². The maximum absolute atomic E-state index is 12.8. The number of hydrogen-bond acceptors (Lipinski definition) is 7. The third kappa shape index (κ3) is 3.31. The lowest BCUT2D eigenvalue weighted by Gasteiger charge is -2.20. The number of benzene rings is 1. The van der Waals surface area contributed by atoms with Crippen LogP contribution in [-0.2, 0) is 24.3 Å². The number of nitrogens with zero attached hydrogens (tertiary/aromatic N) is 1. The van der Waals surface area contributed by atoms with Crippen molar-refractivity contribution in [3.8, 4) is 0 Å². The molecule has 0 N–H and O–H groups in total. The van der Waals surface area contributed by atoms with E-state index in [-0.39, 0.29) is 40.5 Å². The molecule has 0 radical (unpaired) electrons. The quantitative estimate of drug-likeness (QED) is 0.568. The van der Waals surface area contributed by atoms with Crippen molar-refractivity contribution in [2.45, 2.75) is 30.6 Å². The number of rotatable bonds is 4. The summed E-state index contributed by atoms with van der Waals surface area (Å²) in [5, 5.41) is 3.68. The van der Waals surface area contributed by atoms with Gasteiger partial charge >= 0.3 is 0 Å². The molecule has 1 aromatic rings. The van der Waals surface area contributed by atoms with E-state index in [0.29, 0.717) is 18.6 Å². The molecule has 9 heteroatoms. The molecule has 7 nitrogen and oxygen atoms in total. The number of Topliss-reactive ketones (excluding diaryl/α,β-unsaturated/α-hetero) is 3. The monoisotopic (exact) mass is 397 g/mol. The number of oxime groups is 1. The second kappa shape index (κ2) is 6.92. The molecule has 0 amide bonds. The summed E-state index contributed by atoms with van der Waals surface area (Å²) in [6, 6.07) is 2.50. The van der Waals surface area contributed by atoms with Crippen molar-refractivity contribution < 1.29 is 27.6 Å². The summed E-state index contributed by atoms with van der Waals surface area (Å²) < 4.78 is 24.2. The summed E-state index contributed by atoms with van der Waals surface area (Å²) in [4.78, 5) is 41.8. The van der Waals surface area contributed by atoms with Crippen molar-refractivity contribution in [1.29, 1.82) is 0 Å². The van der Waals surface area contributed by atoms with Crippen LogP contribution < -0.4 is 0 Å². The highest BCUT2D eigenvalue weighted by atomic mass is 35.5. The standard InChI is InChI=1S/C17H16ClNO6S/c1-26(23,24)13-6-5-9(16(18)14(13)10-7-8-25-19-10)17(22)15-11(20)3-2-4-12(15)21/h5-6,15H,2-4,7-8H2,1H3. The molecule has 2 aliphatic rings. The molecule has 1 heterocycles. The molecule has 1 saturated carbocycles. The van der Waals surface area contributed by atoms with Gasteiger partial charge in [-0.25, -0.2) is 8.42 Å². The smallest absolute Gasteiger partial charge is 0.182 e. The van der Waals surface area contributed by atoms with E-state index in [1.54, 1.807) is 0 Å². The fraction of sp³-hybridized carbons (Fsp3) is 0.412. The minimum atomic E-state index is -3.65. The minimum absolute atomic E-state index is 0.0581. The van der Waals surface area contributed by atoms with Gasteiger partial charge in [-0.2, -0.15) is 0 Å². The number of carbonyl (C=O) groups excluding carboxylic acids is 3. The average Bonchev–Trinajstić information content (AvgIpc) is 3.07. The Morgan fingerprint density at radius 2 is 1.85 bits per heavy atom. The van der Waals surface area contributed by atoms with Gasteiger partial charge in [0.25, 0.3) is 0 Å². The highest BCUT2D eigenvalue weighted by Gasteiger charge is 2.38. The van der Waals surface area contributed by atoms with E-state index in [1.165, 1.54) is 12.1 Å². The first-order chi connectivity index (χ1) is 12.2. The molecule has 26 heavy (non-hydrogen) atoms. The van der Waals surface area contributed by atoms with Crippen LogP contribution in [0.4, 0.5) is 0 Å². The Balaban J connectivity index is 2.15. The van der Waals surface area contributed by atoms with Crippen molar-refractivity contribution in [3.05, 3.63) is 28.3 Å². The van der Waals surface area contributed by atoms with Crippen molar-refractivity contribution in [2.75, 3.05) is 12.9 Å². The normalized spacial score (nSPS) is 18.6. The molecule has 0 bridgehead atoms. The molecule has 1 aliphatic heterocycles. The maximum atomic E-state index is 12.8. The fourth-order valence-electron chi connectivity index (χ4n) is 3.16. The summed E-state index contributed by atoms with van der Waals surface area (Å²) in [6.45, 7) is 0.270. The summed E-state index contributed by atoms with van der Waals surface area (Å²) >= 11 is 6.37. The summed E-state index contributed by atoms with van der Waals surface area (Å²) in [5.74, 6) is -2.94. The molecule has 0 spiro atoms. The van der Waals surface area contributed by atoms with Crippen LogP contribution in [-0.4, -0.2) is 44.3 Å². The zero-order chi connectivity index (χ0) is 19.1. The summed E-state index contributed by atoms with van der Waals surface area (Å²) in [7, 11) is -3.65. The molecule has 0 aromatic heterocycles. The zero-order valence-corrected chi connectivity index (χ0v) is 15.5. The van der Waals surface area contributed by atoms with Gasteiger partial charge in [-0.05, 0) is 18.6 Å². The number of hydrogen-bond donors (Lipinski definition) is 0. The Hall–Kier alpha value is -2.06. The molecule has 3 rings (SSSR count). The van der Waals surface area contributed by atoms with Gasteiger partial charge in [0.15, 0.2) is 27.2 Å². The molecule has 0 unspecified atom stereocenters. The molecule has 138 valence electrons. The van der Waals surface area contributed by atoms with Crippen LogP contribution in [0.15, 0.2) is 22.2 Å². The predicted octanol–water partition coefficient (Wildman–Crippen LogP) is 1.99. The van der Waals surface area contributed by atoms with Crippen LogP contribution in [0.2, 0.25) is 5.02 Å². The Morgan fingerprint density at radius 1 is 1.19 bits per heavy atom. The predicted molar refractivity (Wildman–Crippen MR) is 93.4 cm³/mol. The molecule has 0 atom stereocenters. The van der Waals surface area contributed by atoms with E-state index in [4.69, 9.17) is 16.4 Å². The van der Waals surface area contributed by atoms with Crippen LogP contribution in [0.3, 0.4) is 0 Å². The molecule has 1 fully saturated rings. The second-order valence-corrected chi connectivity index (χ2v) is 8.64. The fourth-order valence-corrected chi connectivity index (χ4v) is 4.49. The largest absolute Gasteiger partial charge is 0.395 e. The zero-order valence-electron chi connectivity index (χ0n) is 14.0. The van der Waals surface area contributed by atoms with Gasteiger partial charge in [0.2, 0.25) is 0 Å². The lowest BCUT2D eigenvalue weighted by atomic mass is 9.81. The van der Waals surface area contributed by atoms with Crippen molar-refractivity contribution in [1.82, 2.24) is 0 Å². The lowest BCUT2D eigenvalue weighted by Crippen LogP contribution is -2.35. The van der Waals surface area contributed by atoms with Crippen molar-refractivity contribution in [3.63, 3.8) is 0 Å². The van der Waals surface area contributed by atoms with E-state index < -0.39 is 33.1 Å². The van der Waals surface area contributed by atoms with E-state index in [1.807, 2.05) is 0 Å². The second-order valence-electron chi connectivity index (χ2n) is 6.28. The lowest BCUT2D eigenvalue weighted by molar-refractivity contribution is -0.133. The van der Waals surface area contributed by atoms with E-state index in [0.717, 1.165) is 6.26 Å². The molecular weight excluding hydrogens is 382 g/mol. The van der Waals surface area contributed by atoms with Gasteiger partial charge in [0, 0.05) is 36.6 Å². The Morgan fingerprint density at radius 3 is 2.38 bits per heavy atom. The Labute approximate surface area is 155 Å². The van der Waals surface area contributed by atoms with Gasteiger partial charge in [-0.1, -0.05) is 16.8 Å². The Bertz CT molecular complexity index is 934. The number of carbonyl (C=O) groups is 3. The highest BCUT2D eigenvalue weighted by molar-refractivity contribution is 7.90. The third-order valence-corrected chi connectivity index (χ3v) is 5.95. The molecule has 1 aliphatic carbocycles. The van der Waals surface area contributed by atoms with Gasteiger partial charge in [-0.3, -0.25) is 14.4 Å². The van der Waals surface area contributed by atoms with Crippen molar-refractivity contribution >= 4 is 44.5 Å². The van der Waals surface area contributed by atoms with Crippen LogP contribution in [0, 0.1) is 5.92 Å². The first-order valence-electron chi connectivity index (χ1n) is 8.03. The summed E-state index contributed by atoms with van der Waals surface area (Å²) in [6.07, 6.45) is 2.11. The van der Waals surface area contributed by atoms with Gasteiger partial charge < -0.3 is 4.84 Å². The van der Waals surface area contributed by atoms with Gasteiger partial charge in [0.1, 0.15) is 12.5 Å². The third-order valence-electron chi connectivity index (χ3n) is 4.41. The average molecular weight is 398 g/mol. The molecule has 1 aromatic carbocycles. The van der Waals surface area contributed by atoms with E-state index in [9.17, 15) is 22.8 Å². The number of halogens is 1. The van der Waals surface area contributed by atoms with Gasteiger partial charge in [0.05, 0.1) is 15.6 Å². The minimum Gasteiger partial charge on any atom is -0.395 e. The SMILES string of the molecule is CS(=O)(=O)c1ccc(C(=O)C2C(=O)CCCC2=O)c(Cl)c1C1=NOCC1.